The Balaban J connectivity index is 0. The van der Waals surface area contributed by atoms with E-state index in [4.69, 9.17) is 4.55 Å². The van der Waals surface area contributed by atoms with Gasteiger partial charge in [-0.2, -0.15) is 69.9 Å². The molecule has 0 aliphatic heterocycles. The molecule has 1 atom stereocenters. The Morgan fingerprint density at radius 2 is 1.00 bits per heavy atom. The first kappa shape index (κ1) is 35.0. The number of halogens is 15. The van der Waals surface area contributed by atoms with Gasteiger partial charge in [0.1, 0.15) is 0 Å². The lowest BCUT2D eigenvalue weighted by Gasteiger charge is -2.42. The van der Waals surface area contributed by atoms with Gasteiger partial charge < -0.3 is 5.32 Å². The van der Waals surface area contributed by atoms with Gasteiger partial charge in [-0.25, -0.2) is 4.39 Å². The van der Waals surface area contributed by atoms with Crippen molar-refractivity contribution in [3.05, 3.63) is 0 Å². The van der Waals surface area contributed by atoms with Crippen LogP contribution in [0.2, 0.25) is 0 Å². The van der Waals surface area contributed by atoms with Crippen LogP contribution in [0.4, 0.5) is 65.9 Å². The van der Waals surface area contributed by atoms with Gasteiger partial charge in [0.15, 0.2) is 6.17 Å². The minimum absolute atomic E-state index is 0.246. The van der Waals surface area contributed by atoms with E-state index >= 15 is 0 Å². The quantitative estimate of drug-likeness (QED) is 0.252. The molecule has 0 aromatic carbocycles. The summed E-state index contributed by atoms with van der Waals surface area (Å²) in [6.45, 7) is 1.13. The molecule has 0 amide bonds. The van der Waals surface area contributed by atoms with E-state index in [2.05, 4.69) is 5.32 Å². The van der Waals surface area contributed by atoms with E-state index < -0.39 is 69.9 Å². The maximum atomic E-state index is 13.5. The fourth-order valence-electron chi connectivity index (χ4n) is 1.91. The highest BCUT2D eigenvalue weighted by Gasteiger charge is 2.94. The second kappa shape index (κ2) is 10.4. The maximum absolute atomic E-state index is 13.5. The smallest absolute Gasteiger partial charge is 0.323 e. The van der Waals surface area contributed by atoms with Crippen molar-refractivity contribution in [2.75, 3.05) is 14.1 Å². The molecule has 34 heavy (non-hydrogen) atoms. The Labute approximate surface area is 182 Å². The van der Waals surface area contributed by atoms with Gasteiger partial charge in [0.25, 0.3) is 0 Å². The largest absolute Gasteiger partial charge is 0.438 e. The van der Waals surface area contributed by atoms with E-state index in [0.29, 0.717) is 0 Å². The van der Waals surface area contributed by atoms with E-state index in [1.165, 1.54) is 0 Å². The second-order valence-electron chi connectivity index (χ2n) is 6.60. The molecule has 1 unspecified atom stereocenters. The summed E-state index contributed by atoms with van der Waals surface area (Å²) in [7, 11) is -4.02. The van der Waals surface area contributed by atoms with Crippen LogP contribution < -0.4 is 5.32 Å². The Bertz CT molecular complexity index is 770. The van der Waals surface area contributed by atoms with Crippen molar-refractivity contribution >= 4 is 10.1 Å². The molecule has 0 spiro atoms. The molecule has 0 heterocycles. The molecule has 208 valence electrons. The Kier molecular flexibility index (Phi) is 10.7. The highest BCUT2D eigenvalue weighted by atomic mass is 32.2. The summed E-state index contributed by atoms with van der Waals surface area (Å²) >= 11 is 0. The third kappa shape index (κ3) is 5.31. The molecule has 0 aliphatic carbocycles. The van der Waals surface area contributed by atoms with E-state index in [9.17, 15) is 74.3 Å². The molecule has 0 saturated heterocycles. The van der Waals surface area contributed by atoms with Crippen molar-refractivity contribution in [1.82, 2.24) is 5.32 Å². The molecule has 0 fully saturated rings. The van der Waals surface area contributed by atoms with Gasteiger partial charge in [0.05, 0.1) is 0 Å². The van der Waals surface area contributed by atoms with Crippen molar-refractivity contribution in [1.29, 1.82) is 0 Å². The van der Waals surface area contributed by atoms with E-state index in [1.54, 1.807) is 0 Å². The topological polar surface area (TPSA) is 66.4 Å². The lowest BCUT2D eigenvalue weighted by molar-refractivity contribution is -0.439. The average Bonchev–Trinajstić information content (AvgIpc) is 2.64. The third-order valence-corrected chi connectivity index (χ3v) is 4.79. The van der Waals surface area contributed by atoms with Crippen molar-refractivity contribution in [2.24, 2.45) is 0 Å². The predicted molar refractivity (Wildman–Crippen MR) is 85.6 cm³/mol. The minimum Gasteiger partial charge on any atom is -0.323 e. The van der Waals surface area contributed by atoms with E-state index in [-0.39, 0.29) is 6.42 Å². The van der Waals surface area contributed by atoms with Crippen molar-refractivity contribution in [3.8, 4) is 0 Å². The van der Waals surface area contributed by atoms with Gasteiger partial charge >= 0.3 is 50.9 Å². The van der Waals surface area contributed by atoms with Crippen LogP contribution >= 0.6 is 0 Å². The zero-order valence-corrected chi connectivity index (χ0v) is 17.9. The van der Waals surface area contributed by atoms with Gasteiger partial charge in [-0.15, -0.1) is 0 Å². The van der Waals surface area contributed by atoms with Crippen LogP contribution in [0.1, 0.15) is 26.2 Å². The monoisotopic (exact) mass is 565 g/mol. The standard InChI is InChI=1S/C12H11F15O3S.C2H7N/c1-2-3-4-5(13)6(14,15)7(16,17)8(18,19)9(20,21)10(22,23)11(24,25)12(26,27)31(28,29)30;1-3-2/h5H,2-4H2,1H3,(H,28,29,30);3H,1-2H3. The third-order valence-electron chi connectivity index (χ3n) is 3.89. The van der Waals surface area contributed by atoms with Crippen molar-refractivity contribution < 1.29 is 78.8 Å². The van der Waals surface area contributed by atoms with Gasteiger partial charge in [0, 0.05) is 0 Å². The number of unbranched alkanes of at least 4 members (excludes halogenated alkanes) is 1. The average molecular weight is 565 g/mol. The summed E-state index contributed by atoms with van der Waals surface area (Å²) in [4.78, 5) is 0. The zero-order valence-electron chi connectivity index (χ0n) is 17.0. The maximum Gasteiger partial charge on any atom is 0.438 e. The Hall–Kier alpha value is -1.18. The second-order valence-corrected chi connectivity index (χ2v) is 8.06. The van der Waals surface area contributed by atoms with Crippen molar-refractivity contribution in [2.45, 2.75) is 73.1 Å². The number of hydrogen-bond donors (Lipinski definition) is 2. The van der Waals surface area contributed by atoms with Gasteiger partial charge in [-0.3, -0.25) is 4.55 Å². The first-order chi connectivity index (χ1) is 14.6. The summed E-state index contributed by atoms with van der Waals surface area (Å²) in [5.41, 5.74) is 0. The van der Waals surface area contributed by atoms with Crippen LogP contribution in [0.25, 0.3) is 0 Å². The summed E-state index contributed by atoms with van der Waals surface area (Å²) in [6.07, 6.45) is -7.11. The van der Waals surface area contributed by atoms with Crippen LogP contribution in [-0.4, -0.2) is 74.0 Å². The molecule has 0 aliphatic rings. The fraction of sp³-hybridized carbons (Fsp3) is 1.00. The number of nitrogens with one attached hydrogen (secondary N) is 1. The molecule has 4 nitrogen and oxygen atoms in total. The summed E-state index contributed by atoms with van der Waals surface area (Å²) in [6, 6.07) is 0. The summed E-state index contributed by atoms with van der Waals surface area (Å²) in [5, 5.41) is -4.94. The SMILES string of the molecule is CCCCC(F)C(F)(F)C(F)(F)C(F)(F)C(F)(F)C(F)(F)C(F)(F)C(F)(F)S(=O)(=O)O.CNC. The first-order valence-corrected chi connectivity index (χ1v) is 9.93. The number of rotatable bonds is 11. The Morgan fingerprint density at radius 3 is 1.29 bits per heavy atom. The molecule has 0 saturated carbocycles. The molecule has 20 heteroatoms. The fourth-order valence-corrected chi connectivity index (χ4v) is 2.36. The van der Waals surface area contributed by atoms with Crippen LogP contribution in [0.3, 0.4) is 0 Å². The first-order valence-electron chi connectivity index (χ1n) is 8.49. The molecule has 0 aromatic rings. The molecular formula is C14H18F15NO3S. The number of hydrogen-bond acceptors (Lipinski definition) is 3. The molecule has 0 bridgehead atoms. The lowest BCUT2D eigenvalue weighted by Crippen LogP contribution is -2.74. The molecule has 0 rings (SSSR count). The lowest BCUT2D eigenvalue weighted by atomic mass is 9.89. The van der Waals surface area contributed by atoms with E-state index in [0.717, 1.165) is 6.92 Å². The summed E-state index contributed by atoms with van der Waals surface area (Å²) < 4.78 is 227. The van der Waals surface area contributed by atoms with Crippen LogP contribution in [-0.2, 0) is 10.1 Å². The van der Waals surface area contributed by atoms with Gasteiger partial charge in [0.2, 0.25) is 0 Å². The van der Waals surface area contributed by atoms with E-state index in [1.807, 2.05) is 14.1 Å². The minimum atomic E-state index is -8.55. The zero-order chi connectivity index (χ0) is 28.4. The number of alkyl halides is 15. The molecule has 0 radical (unpaired) electrons. The highest BCUT2D eigenvalue weighted by Crippen LogP contribution is 2.63. The van der Waals surface area contributed by atoms with Crippen molar-refractivity contribution in [3.63, 3.8) is 0 Å². The normalized spacial score (nSPS) is 16.1. The summed E-state index contributed by atoms with van der Waals surface area (Å²) in [5.74, 6) is -48.5. The van der Waals surface area contributed by atoms with Crippen LogP contribution in [0.15, 0.2) is 0 Å². The van der Waals surface area contributed by atoms with Crippen LogP contribution in [0, 0.1) is 0 Å². The van der Waals surface area contributed by atoms with Gasteiger partial charge in [-0.1, -0.05) is 19.8 Å². The predicted octanol–water partition coefficient (Wildman–Crippen LogP) is 5.64. The molecule has 2 N–H and O–H groups in total. The molecule has 0 aromatic heterocycles. The molecular weight excluding hydrogens is 547 g/mol. The Morgan fingerprint density at radius 1 is 0.706 bits per heavy atom. The highest BCUT2D eigenvalue weighted by molar-refractivity contribution is 7.87. The van der Waals surface area contributed by atoms with Crippen LogP contribution in [0.5, 0.6) is 0 Å². The van der Waals surface area contributed by atoms with Gasteiger partial charge in [-0.05, 0) is 20.5 Å².